The van der Waals surface area contributed by atoms with Crippen LogP contribution in [0.2, 0.25) is 0 Å². The standard InChI is InChI=1S/C11H13NO4/c1-7-2-4-12(9(7)11(14)15)10(13)8-3-5-16-6-8/h3,5-7,9H,2,4H2,1H3,(H,14,15). The van der Waals surface area contributed by atoms with Gasteiger partial charge in [-0.15, -0.1) is 0 Å². The maximum absolute atomic E-state index is 12.0. The summed E-state index contributed by atoms with van der Waals surface area (Å²) < 4.78 is 4.82. The van der Waals surface area contributed by atoms with Crippen LogP contribution in [0.1, 0.15) is 23.7 Å². The number of amides is 1. The molecule has 1 aromatic rings. The molecule has 1 aliphatic heterocycles. The lowest BCUT2D eigenvalue weighted by atomic mass is 10.0. The van der Waals surface area contributed by atoms with Gasteiger partial charge in [-0.05, 0) is 18.4 Å². The fourth-order valence-corrected chi connectivity index (χ4v) is 2.10. The van der Waals surface area contributed by atoms with Gasteiger partial charge in [-0.25, -0.2) is 4.79 Å². The second-order valence-electron chi connectivity index (χ2n) is 4.06. The van der Waals surface area contributed by atoms with Crippen molar-refractivity contribution >= 4 is 11.9 Å². The zero-order valence-electron chi connectivity index (χ0n) is 8.92. The van der Waals surface area contributed by atoms with Crippen molar-refractivity contribution in [3.63, 3.8) is 0 Å². The topological polar surface area (TPSA) is 70.8 Å². The Bertz CT molecular complexity index is 398. The van der Waals surface area contributed by atoms with Crippen molar-refractivity contribution in [2.45, 2.75) is 19.4 Å². The van der Waals surface area contributed by atoms with Gasteiger partial charge in [0.1, 0.15) is 12.3 Å². The van der Waals surface area contributed by atoms with E-state index >= 15 is 0 Å². The minimum atomic E-state index is -0.943. The van der Waals surface area contributed by atoms with Crippen molar-refractivity contribution in [2.24, 2.45) is 5.92 Å². The molecule has 5 heteroatoms. The molecule has 2 atom stereocenters. The molecule has 2 heterocycles. The van der Waals surface area contributed by atoms with E-state index in [4.69, 9.17) is 9.52 Å². The Morgan fingerprint density at radius 2 is 2.31 bits per heavy atom. The molecule has 1 fully saturated rings. The quantitative estimate of drug-likeness (QED) is 0.818. The predicted octanol–water partition coefficient (Wildman–Crippen LogP) is 1.21. The van der Waals surface area contributed by atoms with Crippen LogP contribution in [0.3, 0.4) is 0 Å². The normalized spacial score (nSPS) is 24.7. The van der Waals surface area contributed by atoms with Crippen LogP contribution in [0.15, 0.2) is 23.0 Å². The highest BCUT2D eigenvalue weighted by Crippen LogP contribution is 2.25. The predicted molar refractivity (Wildman–Crippen MR) is 54.9 cm³/mol. The summed E-state index contributed by atoms with van der Waals surface area (Å²) in [4.78, 5) is 24.5. The van der Waals surface area contributed by atoms with Gasteiger partial charge in [0.15, 0.2) is 0 Å². The van der Waals surface area contributed by atoms with Crippen LogP contribution in [0.25, 0.3) is 0 Å². The van der Waals surface area contributed by atoms with E-state index in [0.717, 1.165) is 6.42 Å². The molecular weight excluding hydrogens is 210 g/mol. The Hall–Kier alpha value is -1.78. The van der Waals surface area contributed by atoms with E-state index in [2.05, 4.69) is 0 Å². The Morgan fingerprint density at radius 1 is 1.56 bits per heavy atom. The van der Waals surface area contributed by atoms with Gasteiger partial charge in [0.05, 0.1) is 11.8 Å². The van der Waals surface area contributed by atoms with E-state index in [1.807, 2.05) is 6.92 Å². The average Bonchev–Trinajstić information content (AvgIpc) is 2.84. The van der Waals surface area contributed by atoms with Crippen LogP contribution in [0.5, 0.6) is 0 Å². The van der Waals surface area contributed by atoms with E-state index in [1.54, 1.807) is 6.07 Å². The summed E-state index contributed by atoms with van der Waals surface area (Å²) in [6, 6.07) is 0.826. The Balaban J connectivity index is 2.21. The van der Waals surface area contributed by atoms with Gasteiger partial charge in [0.2, 0.25) is 0 Å². The molecule has 0 aromatic carbocycles. The number of carboxylic acid groups (broad SMARTS) is 1. The Kier molecular flexibility index (Phi) is 2.68. The third kappa shape index (κ3) is 1.68. The molecule has 1 aromatic heterocycles. The Labute approximate surface area is 92.7 Å². The molecule has 1 saturated heterocycles. The monoisotopic (exact) mass is 223 g/mol. The molecule has 0 spiro atoms. The summed E-state index contributed by atoms with van der Waals surface area (Å²) in [6.07, 6.45) is 3.47. The first-order valence-corrected chi connectivity index (χ1v) is 5.17. The summed E-state index contributed by atoms with van der Waals surface area (Å²) in [6.45, 7) is 2.34. The van der Waals surface area contributed by atoms with Gasteiger partial charge < -0.3 is 14.4 Å². The summed E-state index contributed by atoms with van der Waals surface area (Å²) >= 11 is 0. The van der Waals surface area contributed by atoms with E-state index < -0.39 is 12.0 Å². The molecular formula is C11H13NO4. The fourth-order valence-electron chi connectivity index (χ4n) is 2.10. The Morgan fingerprint density at radius 3 is 2.88 bits per heavy atom. The molecule has 86 valence electrons. The number of carbonyl (C=O) groups excluding carboxylic acids is 1. The van der Waals surface area contributed by atoms with Crippen LogP contribution < -0.4 is 0 Å². The molecule has 1 amide bonds. The lowest BCUT2D eigenvalue weighted by Gasteiger charge is -2.22. The highest BCUT2D eigenvalue weighted by atomic mass is 16.4. The molecule has 0 bridgehead atoms. The highest BCUT2D eigenvalue weighted by Gasteiger charge is 2.39. The van der Waals surface area contributed by atoms with Crippen LogP contribution >= 0.6 is 0 Å². The number of hydrogen-bond acceptors (Lipinski definition) is 3. The first-order chi connectivity index (χ1) is 7.61. The van der Waals surface area contributed by atoms with Crippen LogP contribution in [-0.2, 0) is 4.79 Å². The van der Waals surface area contributed by atoms with Gasteiger partial charge in [-0.2, -0.15) is 0 Å². The smallest absolute Gasteiger partial charge is 0.326 e. The second kappa shape index (κ2) is 4.00. The number of rotatable bonds is 2. The van der Waals surface area contributed by atoms with Crippen molar-refractivity contribution in [3.8, 4) is 0 Å². The van der Waals surface area contributed by atoms with Gasteiger partial charge >= 0.3 is 5.97 Å². The average molecular weight is 223 g/mol. The summed E-state index contributed by atoms with van der Waals surface area (Å²) in [7, 11) is 0. The van der Waals surface area contributed by atoms with Crippen LogP contribution in [0.4, 0.5) is 0 Å². The van der Waals surface area contributed by atoms with E-state index in [9.17, 15) is 9.59 Å². The van der Waals surface area contributed by atoms with Gasteiger partial charge in [-0.3, -0.25) is 4.79 Å². The second-order valence-corrected chi connectivity index (χ2v) is 4.06. The number of hydrogen-bond donors (Lipinski definition) is 1. The summed E-state index contributed by atoms with van der Waals surface area (Å²) in [5, 5.41) is 9.08. The molecule has 1 aliphatic rings. The van der Waals surface area contributed by atoms with Crippen molar-refractivity contribution < 1.29 is 19.1 Å². The van der Waals surface area contributed by atoms with E-state index in [0.29, 0.717) is 12.1 Å². The first-order valence-electron chi connectivity index (χ1n) is 5.17. The van der Waals surface area contributed by atoms with Gasteiger partial charge in [0.25, 0.3) is 5.91 Å². The zero-order chi connectivity index (χ0) is 11.7. The highest BCUT2D eigenvalue weighted by molar-refractivity contribution is 5.96. The van der Waals surface area contributed by atoms with E-state index in [-0.39, 0.29) is 11.8 Å². The summed E-state index contributed by atoms with van der Waals surface area (Å²) in [5.74, 6) is -1.22. The molecule has 5 nitrogen and oxygen atoms in total. The van der Waals surface area contributed by atoms with Crippen molar-refractivity contribution in [1.29, 1.82) is 0 Å². The number of aliphatic carboxylic acids is 1. The van der Waals surface area contributed by atoms with Gasteiger partial charge in [0, 0.05) is 6.54 Å². The molecule has 1 N–H and O–H groups in total. The maximum Gasteiger partial charge on any atom is 0.326 e. The lowest BCUT2D eigenvalue weighted by molar-refractivity contribution is -0.142. The van der Waals surface area contributed by atoms with Crippen molar-refractivity contribution in [1.82, 2.24) is 4.90 Å². The maximum atomic E-state index is 12.0. The van der Waals surface area contributed by atoms with Crippen LogP contribution in [-0.4, -0.2) is 34.5 Å². The van der Waals surface area contributed by atoms with Crippen LogP contribution in [0, 0.1) is 5.92 Å². The minimum Gasteiger partial charge on any atom is -0.480 e. The number of likely N-dealkylation sites (tertiary alicyclic amines) is 1. The molecule has 0 saturated carbocycles. The van der Waals surface area contributed by atoms with E-state index in [1.165, 1.54) is 17.4 Å². The number of carbonyl (C=O) groups is 2. The summed E-state index contributed by atoms with van der Waals surface area (Å²) in [5.41, 5.74) is 0.403. The van der Waals surface area contributed by atoms with Crippen molar-refractivity contribution in [3.05, 3.63) is 24.2 Å². The number of nitrogens with zero attached hydrogens (tertiary/aromatic N) is 1. The molecule has 2 rings (SSSR count). The molecule has 16 heavy (non-hydrogen) atoms. The third-order valence-corrected chi connectivity index (χ3v) is 2.98. The first kappa shape index (κ1) is 10.7. The van der Waals surface area contributed by atoms with Crippen molar-refractivity contribution in [2.75, 3.05) is 6.54 Å². The third-order valence-electron chi connectivity index (χ3n) is 2.98. The molecule has 0 radical (unpaired) electrons. The number of carboxylic acids is 1. The lowest BCUT2D eigenvalue weighted by Crippen LogP contribution is -2.42. The number of furan rings is 1. The van der Waals surface area contributed by atoms with Gasteiger partial charge in [-0.1, -0.05) is 6.92 Å². The zero-order valence-corrected chi connectivity index (χ0v) is 8.92. The fraction of sp³-hybridized carbons (Fsp3) is 0.455. The SMILES string of the molecule is CC1CCN(C(=O)c2ccoc2)C1C(=O)O. The molecule has 2 unspecified atom stereocenters. The minimum absolute atomic E-state index is 0.00616. The largest absolute Gasteiger partial charge is 0.480 e. The molecule has 0 aliphatic carbocycles.